The van der Waals surface area contributed by atoms with E-state index >= 15 is 0 Å². The first-order valence-corrected chi connectivity index (χ1v) is 9.57. The summed E-state index contributed by atoms with van der Waals surface area (Å²) >= 11 is 0. The highest BCUT2D eigenvalue weighted by atomic mass is 32.2. The van der Waals surface area contributed by atoms with E-state index in [0.29, 0.717) is 0 Å². The van der Waals surface area contributed by atoms with Crippen molar-refractivity contribution in [2.24, 2.45) is 0 Å². The maximum atomic E-state index is 12.6. The molecule has 3 aromatic carbocycles. The van der Waals surface area contributed by atoms with Gasteiger partial charge in [0, 0.05) is 0 Å². The quantitative estimate of drug-likeness (QED) is 0.708. The van der Waals surface area contributed by atoms with Gasteiger partial charge in [-0.25, -0.2) is 13.8 Å². The fraction of sp³-hybridized carbons (Fsp3) is 0.100. The van der Waals surface area contributed by atoms with E-state index < -0.39 is 10.0 Å². The SMILES string of the molecule is Cc1ccc(S(=O)(=O)NNC2c3ccccc3-c3ccccc32)cc1. The Morgan fingerprint density at radius 3 is 1.84 bits per heavy atom. The highest BCUT2D eigenvalue weighted by Crippen LogP contribution is 2.42. The second-order valence-electron chi connectivity index (χ2n) is 6.17. The van der Waals surface area contributed by atoms with Crippen LogP contribution >= 0.6 is 0 Å². The summed E-state index contributed by atoms with van der Waals surface area (Å²) < 4.78 is 25.1. The first-order chi connectivity index (χ1) is 12.1. The number of sulfonamides is 1. The van der Waals surface area contributed by atoms with Gasteiger partial charge in [0.1, 0.15) is 0 Å². The Bertz CT molecular complexity index is 982. The van der Waals surface area contributed by atoms with Crippen molar-refractivity contribution in [2.75, 3.05) is 0 Å². The van der Waals surface area contributed by atoms with Crippen LogP contribution in [-0.2, 0) is 10.0 Å². The largest absolute Gasteiger partial charge is 0.253 e. The van der Waals surface area contributed by atoms with Gasteiger partial charge in [-0.15, -0.1) is 4.83 Å². The second kappa shape index (κ2) is 6.11. The van der Waals surface area contributed by atoms with Crippen LogP contribution in [0.1, 0.15) is 22.7 Å². The Labute approximate surface area is 147 Å². The van der Waals surface area contributed by atoms with Crippen LogP contribution < -0.4 is 10.3 Å². The average molecular weight is 350 g/mol. The molecule has 126 valence electrons. The molecular weight excluding hydrogens is 332 g/mol. The van der Waals surface area contributed by atoms with Gasteiger partial charge in [0.25, 0.3) is 10.0 Å². The summed E-state index contributed by atoms with van der Waals surface area (Å²) in [6.07, 6.45) is 0. The van der Waals surface area contributed by atoms with Gasteiger partial charge in [0.15, 0.2) is 0 Å². The molecule has 3 aromatic rings. The molecule has 0 unspecified atom stereocenters. The summed E-state index contributed by atoms with van der Waals surface area (Å²) in [7, 11) is -3.63. The minimum Gasteiger partial charge on any atom is -0.232 e. The van der Waals surface area contributed by atoms with Crippen molar-refractivity contribution in [2.45, 2.75) is 17.9 Å². The van der Waals surface area contributed by atoms with E-state index in [9.17, 15) is 8.42 Å². The van der Waals surface area contributed by atoms with Gasteiger partial charge in [-0.2, -0.15) is 0 Å². The maximum absolute atomic E-state index is 12.6. The van der Waals surface area contributed by atoms with Crippen LogP contribution in [0.5, 0.6) is 0 Å². The number of hydrogen-bond donors (Lipinski definition) is 2. The lowest BCUT2D eigenvalue weighted by atomic mass is 10.1. The van der Waals surface area contributed by atoms with Crippen LogP contribution in [0.3, 0.4) is 0 Å². The van der Waals surface area contributed by atoms with E-state index in [0.717, 1.165) is 27.8 Å². The normalized spacial score (nSPS) is 13.5. The zero-order valence-electron chi connectivity index (χ0n) is 13.7. The first-order valence-electron chi connectivity index (χ1n) is 8.08. The zero-order chi connectivity index (χ0) is 17.4. The highest BCUT2D eigenvalue weighted by Gasteiger charge is 2.29. The van der Waals surface area contributed by atoms with Crippen LogP contribution in [0.15, 0.2) is 77.7 Å². The Balaban J connectivity index is 1.64. The van der Waals surface area contributed by atoms with Gasteiger partial charge in [-0.3, -0.25) is 0 Å². The fourth-order valence-electron chi connectivity index (χ4n) is 3.22. The Hall–Kier alpha value is -2.47. The van der Waals surface area contributed by atoms with Crippen molar-refractivity contribution in [1.29, 1.82) is 0 Å². The monoisotopic (exact) mass is 350 g/mol. The lowest BCUT2D eigenvalue weighted by molar-refractivity contribution is 0.533. The number of benzene rings is 3. The summed E-state index contributed by atoms with van der Waals surface area (Å²) in [5.41, 5.74) is 8.42. The molecule has 25 heavy (non-hydrogen) atoms. The van der Waals surface area contributed by atoms with Gasteiger partial charge in [0.05, 0.1) is 10.9 Å². The molecule has 5 heteroatoms. The molecule has 0 radical (unpaired) electrons. The van der Waals surface area contributed by atoms with Crippen molar-refractivity contribution in [1.82, 2.24) is 10.3 Å². The number of hydrogen-bond acceptors (Lipinski definition) is 3. The number of fused-ring (bicyclic) bond motifs is 3. The summed E-state index contributed by atoms with van der Waals surface area (Å²) in [5, 5.41) is 0. The van der Waals surface area contributed by atoms with Crippen LogP contribution in [0, 0.1) is 6.92 Å². The van der Waals surface area contributed by atoms with Crippen molar-refractivity contribution in [3.63, 3.8) is 0 Å². The molecule has 1 aliphatic carbocycles. The molecule has 0 amide bonds. The van der Waals surface area contributed by atoms with Crippen LogP contribution in [0.4, 0.5) is 0 Å². The molecule has 2 N–H and O–H groups in total. The molecule has 0 aromatic heterocycles. The Morgan fingerprint density at radius 1 is 0.760 bits per heavy atom. The molecule has 0 saturated heterocycles. The average Bonchev–Trinajstić information content (AvgIpc) is 2.94. The number of nitrogens with one attached hydrogen (secondary N) is 2. The van der Waals surface area contributed by atoms with Gasteiger partial charge in [-0.1, -0.05) is 66.2 Å². The predicted molar refractivity (Wildman–Crippen MR) is 98.4 cm³/mol. The molecular formula is C20H18N2O2S. The topological polar surface area (TPSA) is 58.2 Å². The van der Waals surface area contributed by atoms with Gasteiger partial charge in [0.2, 0.25) is 0 Å². The van der Waals surface area contributed by atoms with Crippen molar-refractivity contribution in [3.8, 4) is 11.1 Å². The Kier molecular flexibility index (Phi) is 3.92. The molecule has 0 bridgehead atoms. The van der Waals surface area contributed by atoms with Crippen molar-refractivity contribution < 1.29 is 8.42 Å². The van der Waals surface area contributed by atoms with Crippen molar-refractivity contribution >= 4 is 10.0 Å². The minimum absolute atomic E-state index is 0.215. The minimum atomic E-state index is -3.63. The second-order valence-corrected chi connectivity index (χ2v) is 7.85. The van der Waals surface area contributed by atoms with Crippen molar-refractivity contribution in [3.05, 3.63) is 89.5 Å². The van der Waals surface area contributed by atoms with E-state index in [1.165, 1.54) is 0 Å². The molecule has 4 rings (SSSR count). The first kappa shape index (κ1) is 16.0. The molecule has 0 fully saturated rings. The number of rotatable bonds is 4. The molecule has 0 aliphatic heterocycles. The Morgan fingerprint density at radius 2 is 1.28 bits per heavy atom. The summed E-state index contributed by atoms with van der Waals surface area (Å²) in [5.74, 6) is 0. The smallest absolute Gasteiger partial charge is 0.232 e. The van der Waals surface area contributed by atoms with E-state index in [1.807, 2.05) is 43.3 Å². The third-order valence-electron chi connectivity index (χ3n) is 4.50. The van der Waals surface area contributed by atoms with Gasteiger partial charge < -0.3 is 0 Å². The molecule has 0 saturated carbocycles. The zero-order valence-corrected chi connectivity index (χ0v) is 14.5. The lowest BCUT2D eigenvalue weighted by Crippen LogP contribution is -2.39. The van der Waals surface area contributed by atoms with E-state index in [1.54, 1.807) is 24.3 Å². The predicted octanol–water partition coefficient (Wildman–Crippen LogP) is 3.55. The summed E-state index contributed by atoms with van der Waals surface area (Å²) in [6.45, 7) is 1.93. The number of hydrazine groups is 1. The molecule has 0 heterocycles. The third-order valence-corrected chi connectivity index (χ3v) is 5.78. The standard InChI is InChI=1S/C20H18N2O2S/c1-14-10-12-15(13-11-14)25(23,24)22-21-20-18-8-4-2-6-16(18)17-7-3-5-9-19(17)20/h2-13,20-22H,1H3. The highest BCUT2D eigenvalue weighted by molar-refractivity contribution is 7.89. The molecule has 1 aliphatic rings. The summed E-state index contributed by atoms with van der Waals surface area (Å²) in [4.78, 5) is 2.78. The van der Waals surface area contributed by atoms with Crippen LogP contribution in [0.25, 0.3) is 11.1 Å². The van der Waals surface area contributed by atoms with Crippen LogP contribution in [-0.4, -0.2) is 8.42 Å². The molecule has 4 nitrogen and oxygen atoms in total. The van der Waals surface area contributed by atoms with Gasteiger partial charge in [-0.05, 0) is 41.3 Å². The van der Waals surface area contributed by atoms with E-state index in [-0.39, 0.29) is 10.9 Å². The maximum Gasteiger partial charge on any atom is 0.253 e. The summed E-state index contributed by atoms with van der Waals surface area (Å²) in [6, 6.07) is 22.7. The van der Waals surface area contributed by atoms with Crippen LogP contribution in [0.2, 0.25) is 0 Å². The van der Waals surface area contributed by atoms with E-state index in [4.69, 9.17) is 0 Å². The number of aryl methyl sites for hydroxylation is 1. The molecule has 0 spiro atoms. The lowest BCUT2D eigenvalue weighted by Gasteiger charge is -2.17. The van der Waals surface area contributed by atoms with Gasteiger partial charge >= 0.3 is 0 Å². The fourth-order valence-corrected chi connectivity index (χ4v) is 4.11. The third kappa shape index (κ3) is 2.87. The molecule has 0 atom stereocenters. The van der Waals surface area contributed by atoms with E-state index in [2.05, 4.69) is 22.4 Å².